The van der Waals surface area contributed by atoms with E-state index < -0.39 is 25.9 Å². The Bertz CT molecular complexity index is 996. The van der Waals surface area contributed by atoms with Gasteiger partial charge in [0.25, 0.3) is 5.91 Å². The summed E-state index contributed by atoms with van der Waals surface area (Å²) in [5, 5.41) is 0. The predicted octanol–water partition coefficient (Wildman–Crippen LogP) is 0.516. The van der Waals surface area contributed by atoms with E-state index >= 15 is 0 Å². The van der Waals surface area contributed by atoms with Crippen LogP contribution in [0.4, 0.5) is 0 Å². The van der Waals surface area contributed by atoms with Crippen LogP contribution < -0.4 is 0 Å². The fourth-order valence-corrected chi connectivity index (χ4v) is 7.44. The lowest BCUT2D eigenvalue weighted by atomic mass is 10.1. The second kappa shape index (κ2) is 9.14. The average Bonchev–Trinajstić information content (AvgIpc) is 3.41. The van der Waals surface area contributed by atoms with Gasteiger partial charge in [0.05, 0.1) is 35.7 Å². The van der Waals surface area contributed by atoms with Crippen molar-refractivity contribution >= 4 is 25.8 Å². The predicted molar refractivity (Wildman–Crippen MR) is 113 cm³/mol. The van der Waals surface area contributed by atoms with Crippen molar-refractivity contribution in [3.05, 3.63) is 29.8 Å². The second-order valence-electron chi connectivity index (χ2n) is 8.19. The number of sulfone groups is 1. The van der Waals surface area contributed by atoms with E-state index in [0.29, 0.717) is 51.4 Å². The quantitative estimate of drug-likeness (QED) is 0.593. The molecule has 3 aliphatic rings. The monoisotopic (exact) mass is 472 g/mol. The maximum absolute atomic E-state index is 13.3. The van der Waals surface area contributed by atoms with Gasteiger partial charge in [-0.3, -0.25) is 4.79 Å². The molecule has 2 atom stereocenters. The number of ether oxygens (including phenoxy) is 2. The lowest BCUT2D eigenvalue weighted by molar-refractivity contribution is 0.0441. The molecule has 3 heterocycles. The molecule has 0 radical (unpaired) electrons. The highest BCUT2D eigenvalue weighted by molar-refractivity contribution is 7.91. The number of hydrogen-bond acceptors (Lipinski definition) is 7. The van der Waals surface area contributed by atoms with E-state index in [4.69, 9.17) is 9.47 Å². The number of benzene rings is 1. The standard InChI is InChI=1S/C20H28N2O7S2/c23-20(22(14-18-2-1-10-29-18)17-7-13-30(24,25)15-17)16-3-5-19(6-4-16)31(26,27)21-8-11-28-12-9-21/h3-6,17-18H,1-2,7-15H2/t17-,18+/m0/s1. The van der Waals surface area contributed by atoms with Crippen molar-refractivity contribution in [2.75, 3.05) is 51.0 Å². The van der Waals surface area contributed by atoms with Crippen molar-refractivity contribution in [3.63, 3.8) is 0 Å². The lowest BCUT2D eigenvalue weighted by Crippen LogP contribution is -2.45. The Morgan fingerprint density at radius 3 is 2.39 bits per heavy atom. The summed E-state index contributed by atoms with van der Waals surface area (Å²) in [7, 11) is -6.80. The number of rotatable bonds is 6. The van der Waals surface area contributed by atoms with Gasteiger partial charge in [0.15, 0.2) is 9.84 Å². The molecule has 0 N–H and O–H groups in total. The molecule has 1 aromatic rings. The van der Waals surface area contributed by atoms with Gasteiger partial charge in [-0.25, -0.2) is 16.8 Å². The Balaban J connectivity index is 1.53. The van der Waals surface area contributed by atoms with E-state index in [1.807, 2.05) is 0 Å². The van der Waals surface area contributed by atoms with Gasteiger partial charge >= 0.3 is 0 Å². The largest absolute Gasteiger partial charge is 0.379 e. The van der Waals surface area contributed by atoms with Crippen LogP contribution in [0.15, 0.2) is 29.2 Å². The van der Waals surface area contributed by atoms with Gasteiger partial charge in [0.1, 0.15) is 0 Å². The minimum absolute atomic E-state index is 0.0467. The molecule has 0 unspecified atom stereocenters. The normalized spacial score (nSPS) is 26.7. The summed E-state index contributed by atoms with van der Waals surface area (Å²) >= 11 is 0. The summed E-state index contributed by atoms with van der Waals surface area (Å²) in [4.78, 5) is 15.0. The van der Waals surface area contributed by atoms with Crippen LogP contribution >= 0.6 is 0 Å². The molecule has 172 valence electrons. The maximum Gasteiger partial charge on any atom is 0.254 e. The zero-order valence-corrected chi connectivity index (χ0v) is 18.9. The molecule has 0 aromatic heterocycles. The average molecular weight is 473 g/mol. The summed E-state index contributed by atoms with van der Waals surface area (Å²) in [6.45, 7) is 2.30. The summed E-state index contributed by atoms with van der Waals surface area (Å²) < 4.78 is 61.9. The lowest BCUT2D eigenvalue weighted by Gasteiger charge is -2.30. The van der Waals surface area contributed by atoms with Crippen molar-refractivity contribution in [1.29, 1.82) is 0 Å². The van der Waals surface area contributed by atoms with E-state index in [9.17, 15) is 21.6 Å². The number of hydrogen-bond donors (Lipinski definition) is 0. The van der Waals surface area contributed by atoms with Crippen LogP contribution in [-0.2, 0) is 29.3 Å². The fraction of sp³-hybridized carbons (Fsp3) is 0.650. The zero-order valence-electron chi connectivity index (χ0n) is 17.3. The number of amides is 1. The fourth-order valence-electron chi connectivity index (χ4n) is 4.30. The van der Waals surface area contributed by atoms with Crippen molar-refractivity contribution < 1.29 is 31.1 Å². The van der Waals surface area contributed by atoms with Crippen LogP contribution in [0, 0.1) is 0 Å². The summed E-state index contributed by atoms with van der Waals surface area (Å²) in [5.74, 6) is -0.272. The molecule has 11 heteroatoms. The number of carbonyl (C=O) groups is 1. The van der Waals surface area contributed by atoms with Crippen molar-refractivity contribution in [2.24, 2.45) is 0 Å². The molecule has 0 spiro atoms. The van der Waals surface area contributed by atoms with Gasteiger partial charge in [-0.05, 0) is 43.5 Å². The zero-order chi connectivity index (χ0) is 22.1. The van der Waals surface area contributed by atoms with Crippen molar-refractivity contribution in [3.8, 4) is 0 Å². The molecule has 0 bridgehead atoms. The maximum atomic E-state index is 13.3. The third-order valence-corrected chi connectivity index (χ3v) is 9.71. The molecule has 0 aliphatic carbocycles. The third-order valence-electron chi connectivity index (χ3n) is 6.04. The molecule has 3 saturated heterocycles. The molecule has 3 aliphatic heterocycles. The summed E-state index contributed by atoms with van der Waals surface area (Å²) in [6.07, 6.45) is 2.06. The number of sulfonamides is 1. The van der Waals surface area contributed by atoms with E-state index in [0.717, 1.165) is 12.8 Å². The third kappa shape index (κ3) is 5.11. The summed E-state index contributed by atoms with van der Waals surface area (Å²) in [5.41, 5.74) is 0.336. The van der Waals surface area contributed by atoms with Crippen molar-refractivity contribution in [2.45, 2.75) is 36.3 Å². The Morgan fingerprint density at radius 2 is 1.81 bits per heavy atom. The summed E-state index contributed by atoms with van der Waals surface area (Å²) in [6, 6.07) is 5.49. The number of carbonyl (C=O) groups excluding carboxylic acids is 1. The SMILES string of the molecule is O=C(c1ccc(S(=O)(=O)N2CCOCC2)cc1)N(C[C@H]1CCCO1)[C@H]1CCS(=O)(=O)C1. The first-order chi connectivity index (χ1) is 14.8. The van der Waals surface area contributed by atoms with Crippen LogP contribution in [0.5, 0.6) is 0 Å². The van der Waals surface area contributed by atoms with Crippen LogP contribution in [0.2, 0.25) is 0 Å². The first-order valence-corrected chi connectivity index (χ1v) is 13.8. The van der Waals surface area contributed by atoms with Gasteiger partial charge in [-0.15, -0.1) is 0 Å². The van der Waals surface area contributed by atoms with Gasteiger partial charge in [-0.2, -0.15) is 4.31 Å². The molecule has 0 saturated carbocycles. The molecule has 3 fully saturated rings. The topological polar surface area (TPSA) is 110 Å². The number of morpholine rings is 1. The van der Waals surface area contributed by atoms with E-state index in [2.05, 4.69) is 0 Å². The molecular formula is C20H28N2O7S2. The smallest absolute Gasteiger partial charge is 0.254 e. The van der Waals surface area contributed by atoms with Gasteiger partial charge in [-0.1, -0.05) is 0 Å². The Morgan fingerprint density at radius 1 is 1.10 bits per heavy atom. The highest BCUT2D eigenvalue weighted by Gasteiger charge is 2.37. The van der Waals surface area contributed by atoms with Crippen LogP contribution in [0.3, 0.4) is 0 Å². The first-order valence-electron chi connectivity index (χ1n) is 10.6. The Kier molecular flexibility index (Phi) is 6.68. The minimum atomic E-state index is -3.65. The van der Waals surface area contributed by atoms with Gasteiger partial charge in [0, 0.05) is 37.8 Å². The molecular weight excluding hydrogens is 444 g/mol. The molecule has 9 nitrogen and oxygen atoms in total. The highest BCUT2D eigenvalue weighted by atomic mass is 32.2. The van der Waals surface area contributed by atoms with Gasteiger partial charge < -0.3 is 14.4 Å². The number of nitrogens with zero attached hydrogens (tertiary/aromatic N) is 2. The highest BCUT2D eigenvalue weighted by Crippen LogP contribution is 2.24. The Labute approximate surface area is 183 Å². The first kappa shape index (κ1) is 22.7. The molecule has 1 amide bonds. The van der Waals surface area contributed by atoms with Crippen LogP contribution in [-0.4, -0.2) is 95.1 Å². The van der Waals surface area contributed by atoms with E-state index in [-0.39, 0.29) is 28.4 Å². The second-order valence-corrected chi connectivity index (χ2v) is 12.4. The minimum Gasteiger partial charge on any atom is -0.379 e. The molecule has 1 aromatic carbocycles. The molecule has 31 heavy (non-hydrogen) atoms. The molecule has 4 rings (SSSR count). The Hall–Kier alpha value is -1.53. The van der Waals surface area contributed by atoms with E-state index in [1.165, 1.54) is 28.6 Å². The van der Waals surface area contributed by atoms with Gasteiger partial charge in [0.2, 0.25) is 10.0 Å². The van der Waals surface area contributed by atoms with Crippen LogP contribution in [0.25, 0.3) is 0 Å². The van der Waals surface area contributed by atoms with Crippen molar-refractivity contribution in [1.82, 2.24) is 9.21 Å². The van der Waals surface area contributed by atoms with E-state index in [1.54, 1.807) is 4.90 Å². The van der Waals surface area contributed by atoms with Crippen LogP contribution in [0.1, 0.15) is 29.6 Å².